The Bertz CT molecular complexity index is 402. The molecule has 0 spiro atoms. The average Bonchev–Trinajstić information content (AvgIpc) is 2.38. The van der Waals surface area contributed by atoms with Crippen LogP contribution in [-0.4, -0.2) is 29.8 Å². The number of likely N-dealkylation sites (tertiary alicyclic amines) is 1. The minimum Gasteiger partial charge on any atom is -0.339 e. The first-order valence-electron chi connectivity index (χ1n) is 5.81. The summed E-state index contributed by atoms with van der Waals surface area (Å²) in [5.41, 5.74) is 0.425. The van der Waals surface area contributed by atoms with Crippen LogP contribution in [-0.2, 0) is 0 Å². The SMILES string of the molecule is O=C(c1cccc(F)c1)N1CCC(CCl)CC1. The molecule has 0 unspecified atom stereocenters. The minimum atomic E-state index is -0.369. The van der Waals surface area contributed by atoms with Gasteiger partial charge in [-0.1, -0.05) is 6.07 Å². The molecule has 0 N–H and O–H groups in total. The number of benzene rings is 1. The molecular formula is C13H15ClFNO. The summed E-state index contributed by atoms with van der Waals surface area (Å²) in [6.07, 6.45) is 1.87. The van der Waals surface area contributed by atoms with Crippen molar-refractivity contribution in [1.82, 2.24) is 4.90 Å². The Morgan fingerprint density at radius 1 is 1.41 bits per heavy atom. The maximum Gasteiger partial charge on any atom is 0.253 e. The summed E-state index contributed by atoms with van der Waals surface area (Å²) in [6.45, 7) is 1.43. The zero-order valence-corrected chi connectivity index (χ0v) is 10.3. The van der Waals surface area contributed by atoms with Gasteiger partial charge in [0.2, 0.25) is 0 Å². The van der Waals surface area contributed by atoms with Gasteiger partial charge >= 0.3 is 0 Å². The second kappa shape index (κ2) is 5.50. The lowest BCUT2D eigenvalue weighted by atomic mass is 9.98. The van der Waals surface area contributed by atoms with Gasteiger partial charge in [0.15, 0.2) is 0 Å². The van der Waals surface area contributed by atoms with Crippen molar-refractivity contribution in [3.8, 4) is 0 Å². The van der Waals surface area contributed by atoms with Crippen molar-refractivity contribution in [1.29, 1.82) is 0 Å². The molecular weight excluding hydrogens is 241 g/mol. The maximum atomic E-state index is 13.0. The topological polar surface area (TPSA) is 20.3 Å². The number of hydrogen-bond acceptors (Lipinski definition) is 1. The number of nitrogens with zero attached hydrogens (tertiary/aromatic N) is 1. The van der Waals surface area contributed by atoms with Crippen molar-refractivity contribution >= 4 is 17.5 Å². The number of carbonyl (C=O) groups is 1. The monoisotopic (exact) mass is 255 g/mol. The molecule has 0 saturated carbocycles. The third-order valence-electron chi connectivity index (χ3n) is 3.19. The van der Waals surface area contributed by atoms with E-state index in [9.17, 15) is 9.18 Å². The van der Waals surface area contributed by atoms with E-state index in [1.807, 2.05) is 0 Å². The normalized spacial score (nSPS) is 17.2. The number of halogens is 2. The van der Waals surface area contributed by atoms with Crippen molar-refractivity contribution in [2.24, 2.45) is 5.92 Å². The molecule has 1 saturated heterocycles. The van der Waals surface area contributed by atoms with E-state index in [2.05, 4.69) is 0 Å². The Hall–Kier alpha value is -1.09. The summed E-state index contributed by atoms with van der Waals surface area (Å²) < 4.78 is 13.0. The highest BCUT2D eigenvalue weighted by atomic mass is 35.5. The van der Waals surface area contributed by atoms with E-state index in [1.165, 1.54) is 12.1 Å². The van der Waals surface area contributed by atoms with Crippen LogP contribution in [0.1, 0.15) is 23.2 Å². The molecule has 0 atom stereocenters. The first kappa shape index (κ1) is 12.4. The van der Waals surface area contributed by atoms with E-state index < -0.39 is 0 Å². The third-order valence-corrected chi connectivity index (χ3v) is 3.63. The predicted molar refractivity (Wildman–Crippen MR) is 65.7 cm³/mol. The average molecular weight is 256 g/mol. The molecule has 2 nitrogen and oxygen atoms in total. The number of hydrogen-bond donors (Lipinski definition) is 0. The van der Waals surface area contributed by atoms with Crippen LogP contribution >= 0.6 is 11.6 Å². The van der Waals surface area contributed by atoms with Crippen molar-refractivity contribution in [3.05, 3.63) is 35.6 Å². The highest BCUT2D eigenvalue weighted by molar-refractivity contribution is 6.18. The summed E-state index contributed by atoms with van der Waals surface area (Å²) in [5.74, 6) is 0.708. The van der Waals surface area contributed by atoms with Crippen LogP contribution in [0.5, 0.6) is 0 Å². The van der Waals surface area contributed by atoms with Crippen LogP contribution in [0.15, 0.2) is 24.3 Å². The van der Waals surface area contributed by atoms with Crippen LogP contribution in [0.4, 0.5) is 4.39 Å². The van der Waals surface area contributed by atoms with E-state index in [0.717, 1.165) is 12.8 Å². The maximum absolute atomic E-state index is 13.0. The van der Waals surface area contributed by atoms with Crippen LogP contribution in [0, 0.1) is 11.7 Å². The number of rotatable bonds is 2. The molecule has 0 radical (unpaired) electrons. The number of amides is 1. The van der Waals surface area contributed by atoms with Crippen LogP contribution in [0.3, 0.4) is 0 Å². The number of carbonyl (C=O) groups excluding carboxylic acids is 1. The van der Waals surface area contributed by atoms with Gasteiger partial charge < -0.3 is 4.90 Å². The molecule has 0 bridgehead atoms. The van der Waals surface area contributed by atoms with Gasteiger partial charge in [-0.05, 0) is 37.0 Å². The summed E-state index contributed by atoms with van der Waals surface area (Å²) in [6, 6.07) is 5.85. The van der Waals surface area contributed by atoms with Crippen LogP contribution < -0.4 is 0 Å². The Kier molecular flexibility index (Phi) is 4.00. The van der Waals surface area contributed by atoms with Crippen LogP contribution in [0.25, 0.3) is 0 Å². The standard InChI is InChI=1S/C13H15ClFNO/c14-9-10-4-6-16(7-5-10)13(17)11-2-1-3-12(15)8-11/h1-3,8,10H,4-7,9H2. The Balaban J connectivity index is 2.02. The molecule has 2 rings (SSSR count). The van der Waals surface area contributed by atoms with Gasteiger partial charge in [0, 0.05) is 24.5 Å². The zero-order chi connectivity index (χ0) is 12.3. The Morgan fingerprint density at radius 2 is 2.12 bits per heavy atom. The smallest absolute Gasteiger partial charge is 0.253 e. The molecule has 1 aromatic carbocycles. The molecule has 1 fully saturated rings. The second-order valence-electron chi connectivity index (χ2n) is 4.40. The number of alkyl halides is 1. The molecule has 92 valence electrons. The van der Waals surface area contributed by atoms with Gasteiger partial charge in [0.05, 0.1) is 0 Å². The van der Waals surface area contributed by atoms with Gasteiger partial charge in [0.25, 0.3) is 5.91 Å². The molecule has 1 heterocycles. The van der Waals surface area contributed by atoms with Gasteiger partial charge in [-0.25, -0.2) is 4.39 Å². The first-order chi connectivity index (χ1) is 8.20. The Labute approximate surface area is 105 Å². The summed E-state index contributed by atoms with van der Waals surface area (Å²) >= 11 is 5.79. The summed E-state index contributed by atoms with van der Waals surface area (Å²) in [5, 5.41) is 0. The molecule has 0 aliphatic carbocycles. The van der Waals surface area contributed by atoms with Crippen molar-refractivity contribution in [3.63, 3.8) is 0 Å². The zero-order valence-electron chi connectivity index (χ0n) is 9.53. The lowest BCUT2D eigenvalue weighted by Crippen LogP contribution is -2.38. The van der Waals surface area contributed by atoms with Crippen molar-refractivity contribution < 1.29 is 9.18 Å². The Morgan fingerprint density at radius 3 is 2.71 bits per heavy atom. The van der Waals surface area contributed by atoms with Gasteiger partial charge in [0.1, 0.15) is 5.82 Å². The molecule has 1 amide bonds. The van der Waals surface area contributed by atoms with E-state index in [4.69, 9.17) is 11.6 Å². The van der Waals surface area contributed by atoms with Crippen LogP contribution in [0.2, 0.25) is 0 Å². The molecule has 1 aromatic rings. The first-order valence-corrected chi connectivity index (χ1v) is 6.35. The lowest BCUT2D eigenvalue weighted by molar-refractivity contribution is 0.0697. The van der Waals surface area contributed by atoms with Crippen molar-refractivity contribution in [2.45, 2.75) is 12.8 Å². The largest absolute Gasteiger partial charge is 0.339 e. The summed E-state index contributed by atoms with van der Waals surface area (Å²) in [7, 11) is 0. The number of piperidine rings is 1. The molecule has 0 aromatic heterocycles. The quantitative estimate of drug-likeness (QED) is 0.744. The third kappa shape index (κ3) is 2.97. The molecule has 1 aliphatic rings. The summed E-state index contributed by atoms with van der Waals surface area (Å²) in [4.78, 5) is 13.8. The predicted octanol–water partition coefficient (Wildman–Crippen LogP) is 2.92. The molecule has 17 heavy (non-hydrogen) atoms. The van der Waals surface area contributed by atoms with E-state index >= 15 is 0 Å². The van der Waals surface area contributed by atoms with E-state index in [0.29, 0.717) is 30.5 Å². The molecule has 4 heteroatoms. The molecule has 1 aliphatic heterocycles. The van der Waals surface area contributed by atoms with Gasteiger partial charge in [-0.15, -0.1) is 11.6 Å². The fraction of sp³-hybridized carbons (Fsp3) is 0.462. The second-order valence-corrected chi connectivity index (χ2v) is 4.71. The van der Waals surface area contributed by atoms with Gasteiger partial charge in [-0.2, -0.15) is 0 Å². The minimum absolute atomic E-state index is 0.0856. The lowest BCUT2D eigenvalue weighted by Gasteiger charge is -2.31. The van der Waals surface area contributed by atoms with E-state index in [1.54, 1.807) is 17.0 Å². The highest BCUT2D eigenvalue weighted by Gasteiger charge is 2.23. The highest BCUT2D eigenvalue weighted by Crippen LogP contribution is 2.20. The van der Waals surface area contributed by atoms with Crippen molar-refractivity contribution in [2.75, 3.05) is 19.0 Å². The van der Waals surface area contributed by atoms with E-state index in [-0.39, 0.29) is 11.7 Å². The van der Waals surface area contributed by atoms with Gasteiger partial charge in [-0.3, -0.25) is 4.79 Å². The fourth-order valence-electron chi connectivity index (χ4n) is 2.09. The fourth-order valence-corrected chi connectivity index (χ4v) is 2.40.